The number of hydrogen-bond donors (Lipinski definition) is 1. The maximum Gasteiger partial charge on any atom is 0.408 e. The molecular formula is C23H29N3O4. The van der Waals surface area contributed by atoms with Crippen LogP contribution in [-0.4, -0.2) is 55.7 Å². The number of carbonyl (C=O) groups excluding carboxylic acids is 2. The number of nitrogens with one attached hydrogen (secondary N) is 1. The van der Waals surface area contributed by atoms with Crippen molar-refractivity contribution < 1.29 is 19.1 Å². The number of anilines is 1. The molecule has 7 nitrogen and oxygen atoms in total. The minimum atomic E-state index is -1.05. The van der Waals surface area contributed by atoms with Gasteiger partial charge in [0, 0.05) is 31.9 Å². The van der Waals surface area contributed by atoms with Gasteiger partial charge in [-0.3, -0.25) is 4.79 Å². The zero-order valence-corrected chi connectivity index (χ0v) is 17.8. The number of alkyl carbamates (subject to hydrolysis) is 1. The molecule has 1 aliphatic heterocycles. The highest BCUT2D eigenvalue weighted by molar-refractivity contribution is 5.89. The summed E-state index contributed by atoms with van der Waals surface area (Å²) in [4.78, 5) is 29.2. The second kappa shape index (κ2) is 9.52. The number of hydrogen-bond acceptors (Lipinski definition) is 5. The lowest BCUT2D eigenvalue weighted by molar-refractivity contribution is -0.137. The highest BCUT2D eigenvalue weighted by atomic mass is 16.5. The minimum Gasteiger partial charge on any atom is -0.497 e. The van der Waals surface area contributed by atoms with Crippen LogP contribution in [0.3, 0.4) is 0 Å². The van der Waals surface area contributed by atoms with Crippen LogP contribution in [0.1, 0.15) is 19.4 Å². The molecule has 2 aromatic carbocycles. The van der Waals surface area contributed by atoms with Gasteiger partial charge in [-0.05, 0) is 43.7 Å². The van der Waals surface area contributed by atoms with Crippen LogP contribution in [0, 0.1) is 0 Å². The lowest BCUT2D eigenvalue weighted by atomic mass is 10.0. The van der Waals surface area contributed by atoms with E-state index in [4.69, 9.17) is 9.47 Å². The summed E-state index contributed by atoms with van der Waals surface area (Å²) in [5, 5.41) is 2.70. The molecule has 1 fully saturated rings. The van der Waals surface area contributed by atoms with E-state index in [1.54, 1.807) is 25.9 Å². The summed E-state index contributed by atoms with van der Waals surface area (Å²) >= 11 is 0. The largest absolute Gasteiger partial charge is 0.497 e. The average Bonchev–Trinajstić information content (AvgIpc) is 2.78. The van der Waals surface area contributed by atoms with Crippen molar-refractivity contribution in [2.24, 2.45) is 0 Å². The standard InChI is InChI=1S/C23H29N3O4/c1-23(2,24-22(28)30-17-18-7-5-4-6-8-18)21(27)26-15-13-25(14-16-26)19-9-11-20(29-3)12-10-19/h4-12H,13-17H2,1-3H3,(H,24,28). The van der Waals surface area contributed by atoms with Gasteiger partial charge in [-0.1, -0.05) is 30.3 Å². The summed E-state index contributed by atoms with van der Waals surface area (Å²) in [6.07, 6.45) is -0.603. The molecule has 1 saturated heterocycles. The highest BCUT2D eigenvalue weighted by Crippen LogP contribution is 2.21. The van der Waals surface area contributed by atoms with Crippen LogP contribution in [0.25, 0.3) is 0 Å². The van der Waals surface area contributed by atoms with E-state index in [2.05, 4.69) is 10.2 Å². The van der Waals surface area contributed by atoms with Crippen molar-refractivity contribution in [2.75, 3.05) is 38.2 Å². The maximum atomic E-state index is 13.0. The Labute approximate surface area is 177 Å². The Kier molecular flexibility index (Phi) is 6.82. The first kappa shape index (κ1) is 21.5. The predicted molar refractivity (Wildman–Crippen MR) is 116 cm³/mol. The van der Waals surface area contributed by atoms with Crippen LogP contribution in [0.4, 0.5) is 10.5 Å². The summed E-state index contributed by atoms with van der Waals surface area (Å²) in [5.74, 6) is 0.702. The molecule has 0 aliphatic carbocycles. The molecule has 1 heterocycles. The molecule has 3 rings (SSSR count). The SMILES string of the molecule is COc1ccc(N2CCN(C(=O)C(C)(C)NC(=O)OCc3ccccc3)CC2)cc1. The van der Waals surface area contributed by atoms with Gasteiger partial charge < -0.3 is 24.6 Å². The summed E-state index contributed by atoms with van der Waals surface area (Å²) in [7, 11) is 1.65. The Morgan fingerprint density at radius 3 is 2.20 bits per heavy atom. The van der Waals surface area contributed by atoms with E-state index in [-0.39, 0.29) is 12.5 Å². The Bertz CT molecular complexity index is 845. The fourth-order valence-corrected chi connectivity index (χ4v) is 3.42. The van der Waals surface area contributed by atoms with Gasteiger partial charge in [0.1, 0.15) is 17.9 Å². The summed E-state index contributed by atoms with van der Waals surface area (Å²) in [6, 6.07) is 17.3. The van der Waals surface area contributed by atoms with E-state index in [0.29, 0.717) is 13.1 Å². The summed E-state index contributed by atoms with van der Waals surface area (Å²) < 4.78 is 10.5. The molecule has 0 unspecified atom stereocenters. The third-order valence-corrected chi connectivity index (χ3v) is 5.17. The zero-order valence-electron chi connectivity index (χ0n) is 17.8. The second-order valence-corrected chi connectivity index (χ2v) is 7.79. The first-order valence-electron chi connectivity index (χ1n) is 10.1. The molecule has 160 valence electrons. The number of piperazine rings is 1. The fraction of sp³-hybridized carbons (Fsp3) is 0.391. The van der Waals surface area contributed by atoms with Gasteiger partial charge in [-0.2, -0.15) is 0 Å². The molecule has 1 aliphatic rings. The van der Waals surface area contributed by atoms with Gasteiger partial charge in [0.2, 0.25) is 5.91 Å². The summed E-state index contributed by atoms with van der Waals surface area (Å²) in [6.45, 7) is 6.21. The van der Waals surface area contributed by atoms with E-state index < -0.39 is 11.6 Å². The number of amides is 2. The average molecular weight is 412 g/mol. The molecule has 0 saturated carbocycles. The third-order valence-electron chi connectivity index (χ3n) is 5.17. The zero-order chi connectivity index (χ0) is 21.6. The van der Waals surface area contributed by atoms with E-state index >= 15 is 0 Å². The smallest absolute Gasteiger partial charge is 0.408 e. The highest BCUT2D eigenvalue weighted by Gasteiger charge is 2.35. The van der Waals surface area contributed by atoms with Crippen molar-refractivity contribution in [3.05, 3.63) is 60.2 Å². The topological polar surface area (TPSA) is 71.1 Å². The van der Waals surface area contributed by atoms with E-state index in [1.165, 1.54) is 0 Å². The maximum absolute atomic E-state index is 13.0. The molecular weight excluding hydrogens is 382 g/mol. The number of rotatable bonds is 6. The monoisotopic (exact) mass is 411 g/mol. The number of ether oxygens (including phenoxy) is 2. The number of benzene rings is 2. The number of nitrogens with zero attached hydrogens (tertiary/aromatic N) is 2. The van der Waals surface area contributed by atoms with E-state index in [9.17, 15) is 9.59 Å². The molecule has 30 heavy (non-hydrogen) atoms. The van der Waals surface area contributed by atoms with Crippen LogP contribution >= 0.6 is 0 Å². The molecule has 0 atom stereocenters. The Morgan fingerprint density at radius 1 is 0.967 bits per heavy atom. The first-order valence-corrected chi connectivity index (χ1v) is 10.1. The molecule has 7 heteroatoms. The quantitative estimate of drug-likeness (QED) is 0.791. The van der Waals surface area contributed by atoms with Crippen molar-refractivity contribution in [1.82, 2.24) is 10.2 Å². The Hall–Kier alpha value is -3.22. The van der Waals surface area contributed by atoms with Crippen molar-refractivity contribution >= 4 is 17.7 Å². The minimum absolute atomic E-state index is 0.117. The molecule has 0 aromatic heterocycles. The Morgan fingerprint density at radius 2 is 1.60 bits per heavy atom. The van der Waals surface area contributed by atoms with Crippen LogP contribution in [0.2, 0.25) is 0 Å². The van der Waals surface area contributed by atoms with Gasteiger partial charge in [0.15, 0.2) is 0 Å². The molecule has 1 N–H and O–H groups in total. The molecule has 0 radical (unpaired) electrons. The van der Waals surface area contributed by atoms with Crippen molar-refractivity contribution in [3.63, 3.8) is 0 Å². The third kappa shape index (κ3) is 5.43. The van der Waals surface area contributed by atoms with Crippen LogP contribution < -0.4 is 15.0 Å². The second-order valence-electron chi connectivity index (χ2n) is 7.79. The van der Waals surface area contributed by atoms with Gasteiger partial charge >= 0.3 is 6.09 Å². The predicted octanol–water partition coefficient (Wildman–Crippen LogP) is 3.05. The first-order chi connectivity index (χ1) is 14.4. The molecule has 0 bridgehead atoms. The van der Waals surface area contributed by atoms with E-state index in [0.717, 1.165) is 30.1 Å². The van der Waals surface area contributed by atoms with Gasteiger partial charge in [-0.15, -0.1) is 0 Å². The Balaban J connectivity index is 1.49. The normalized spacial score (nSPS) is 14.2. The molecule has 2 aromatic rings. The fourth-order valence-electron chi connectivity index (χ4n) is 3.42. The van der Waals surface area contributed by atoms with Crippen LogP contribution in [0.5, 0.6) is 5.75 Å². The lowest BCUT2D eigenvalue weighted by Gasteiger charge is -2.39. The number of carbonyl (C=O) groups is 2. The van der Waals surface area contributed by atoms with Gasteiger partial charge in [-0.25, -0.2) is 4.79 Å². The van der Waals surface area contributed by atoms with Crippen molar-refractivity contribution in [2.45, 2.75) is 26.0 Å². The van der Waals surface area contributed by atoms with Crippen LogP contribution in [0.15, 0.2) is 54.6 Å². The van der Waals surface area contributed by atoms with Crippen molar-refractivity contribution in [1.29, 1.82) is 0 Å². The molecule has 0 spiro atoms. The van der Waals surface area contributed by atoms with Gasteiger partial charge in [0.05, 0.1) is 7.11 Å². The van der Waals surface area contributed by atoms with Gasteiger partial charge in [0.25, 0.3) is 0 Å². The summed E-state index contributed by atoms with van der Waals surface area (Å²) in [5.41, 5.74) is 0.951. The molecule has 2 amide bonds. The van der Waals surface area contributed by atoms with Crippen molar-refractivity contribution in [3.8, 4) is 5.75 Å². The van der Waals surface area contributed by atoms with Crippen LogP contribution in [-0.2, 0) is 16.1 Å². The number of methoxy groups -OCH3 is 1. The van der Waals surface area contributed by atoms with E-state index in [1.807, 2.05) is 54.6 Å². The lowest BCUT2D eigenvalue weighted by Crippen LogP contribution is -2.59.